The molecule has 0 saturated heterocycles. The first-order valence-electron chi connectivity index (χ1n) is 8.25. The van der Waals surface area contributed by atoms with Crippen LogP contribution in [-0.4, -0.2) is 20.6 Å². The van der Waals surface area contributed by atoms with Gasteiger partial charge in [-0.2, -0.15) is 35.1 Å². The molecule has 2 N–H and O–H groups in total. The number of alkyl halides is 6. The standard InChI is InChI=1S/C18H10F6N4O2S/c19-17(20,21)9-3-1-5-11(7-9)25-15(29)13-14(28-31-27-13)16(30)26-12-6-2-4-10(8-12)18(22,23)24/h1-8H,(H,25,29)(H,26,30). The van der Waals surface area contributed by atoms with Gasteiger partial charge in [-0.05, 0) is 36.4 Å². The number of anilines is 2. The predicted molar refractivity (Wildman–Crippen MR) is 98.7 cm³/mol. The van der Waals surface area contributed by atoms with Crippen molar-refractivity contribution in [3.63, 3.8) is 0 Å². The summed E-state index contributed by atoms with van der Waals surface area (Å²) in [6.07, 6.45) is -9.25. The Hall–Kier alpha value is -3.48. The summed E-state index contributed by atoms with van der Waals surface area (Å²) in [5, 5.41) is 4.36. The van der Waals surface area contributed by atoms with Crippen LogP contribution in [-0.2, 0) is 12.4 Å². The lowest BCUT2D eigenvalue weighted by Gasteiger charge is -2.10. The van der Waals surface area contributed by atoms with Crippen LogP contribution in [0.2, 0.25) is 0 Å². The SMILES string of the molecule is O=C(Nc1cccc(C(F)(F)F)c1)c1nsnc1C(=O)Nc1cccc(C(F)(F)F)c1. The van der Waals surface area contributed by atoms with Crippen LogP contribution in [0.4, 0.5) is 37.7 Å². The molecular weight excluding hydrogens is 450 g/mol. The zero-order chi connectivity index (χ0) is 22.8. The van der Waals surface area contributed by atoms with Crippen LogP contribution in [0.25, 0.3) is 0 Å². The molecule has 0 aliphatic carbocycles. The lowest BCUT2D eigenvalue weighted by Crippen LogP contribution is -2.21. The summed E-state index contributed by atoms with van der Waals surface area (Å²) in [6, 6.07) is 7.59. The Bertz CT molecular complexity index is 1040. The molecule has 0 bridgehead atoms. The lowest BCUT2D eigenvalue weighted by atomic mass is 10.2. The van der Waals surface area contributed by atoms with Gasteiger partial charge in [0.05, 0.1) is 22.9 Å². The average Bonchev–Trinajstić information content (AvgIpc) is 3.17. The van der Waals surface area contributed by atoms with Crippen molar-refractivity contribution >= 4 is 34.9 Å². The topological polar surface area (TPSA) is 84.0 Å². The summed E-state index contributed by atoms with van der Waals surface area (Å²) in [5.41, 5.74) is -3.37. The van der Waals surface area contributed by atoms with E-state index in [9.17, 15) is 35.9 Å². The predicted octanol–water partition coefficient (Wildman–Crippen LogP) is 5.08. The molecule has 0 fully saturated rings. The number of hydrogen-bond donors (Lipinski definition) is 2. The largest absolute Gasteiger partial charge is 0.416 e. The van der Waals surface area contributed by atoms with E-state index in [4.69, 9.17) is 0 Å². The number of hydrogen-bond acceptors (Lipinski definition) is 5. The van der Waals surface area contributed by atoms with Gasteiger partial charge in [-0.1, -0.05) is 12.1 Å². The number of halogens is 6. The normalized spacial score (nSPS) is 11.8. The third kappa shape index (κ3) is 5.36. The van der Waals surface area contributed by atoms with E-state index < -0.39 is 46.7 Å². The van der Waals surface area contributed by atoms with E-state index in [1.54, 1.807) is 0 Å². The molecule has 13 heteroatoms. The van der Waals surface area contributed by atoms with Gasteiger partial charge in [-0.15, -0.1) is 0 Å². The summed E-state index contributed by atoms with van der Waals surface area (Å²) in [6.45, 7) is 0. The Labute approximate surface area is 174 Å². The third-order valence-electron chi connectivity index (χ3n) is 3.81. The van der Waals surface area contributed by atoms with E-state index in [0.717, 1.165) is 24.3 Å². The first-order chi connectivity index (χ1) is 14.4. The highest BCUT2D eigenvalue weighted by atomic mass is 32.1. The molecule has 3 rings (SSSR count). The molecule has 0 aliphatic rings. The second-order valence-corrected chi connectivity index (χ2v) is 6.56. The highest BCUT2D eigenvalue weighted by Gasteiger charge is 2.32. The molecule has 0 atom stereocenters. The van der Waals surface area contributed by atoms with Crippen LogP contribution >= 0.6 is 11.7 Å². The number of nitrogens with zero attached hydrogens (tertiary/aromatic N) is 2. The second kappa shape index (κ2) is 8.34. The van der Waals surface area contributed by atoms with Gasteiger partial charge < -0.3 is 10.6 Å². The molecule has 2 aromatic carbocycles. The molecule has 0 saturated carbocycles. The average molecular weight is 460 g/mol. The van der Waals surface area contributed by atoms with Crippen molar-refractivity contribution < 1.29 is 35.9 Å². The van der Waals surface area contributed by atoms with E-state index in [1.165, 1.54) is 12.1 Å². The Balaban J connectivity index is 1.78. The van der Waals surface area contributed by atoms with Gasteiger partial charge in [0.1, 0.15) is 0 Å². The first-order valence-corrected chi connectivity index (χ1v) is 8.98. The van der Waals surface area contributed by atoms with Crippen LogP contribution in [0.5, 0.6) is 0 Å². The number of carbonyl (C=O) groups excluding carboxylic acids is 2. The van der Waals surface area contributed by atoms with Gasteiger partial charge in [0.2, 0.25) is 0 Å². The maximum atomic E-state index is 12.8. The fraction of sp³-hybridized carbons (Fsp3) is 0.111. The maximum Gasteiger partial charge on any atom is 0.416 e. The Morgan fingerprint density at radius 3 is 1.45 bits per heavy atom. The van der Waals surface area contributed by atoms with Crippen molar-refractivity contribution in [2.45, 2.75) is 12.4 Å². The van der Waals surface area contributed by atoms with Crippen molar-refractivity contribution in [1.29, 1.82) is 0 Å². The number of nitrogens with one attached hydrogen (secondary N) is 2. The summed E-state index contributed by atoms with van der Waals surface area (Å²) in [5.74, 6) is -2.02. The molecule has 1 heterocycles. The van der Waals surface area contributed by atoms with Crippen LogP contribution < -0.4 is 10.6 Å². The van der Waals surface area contributed by atoms with Gasteiger partial charge in [0.25, 0.3) is 11.8 Å². The van der Waals surface area contributed by atoms with Gasteiger partial charge in [-0.25, -0.2) is 0 Å². The summed E-state index contributed by atoms with van der Waals surface area (Å²) in [4.78, 5) is 24.8. The minimum Gasteiger partial charge on any atom is -0.321 e. The van der Waals surface area contributed by atoms with Crippen LogP contribution in [0.15, 0.2) is 48.5 Å². The highest BCUT2D eigenvalue weighted by molar-refractivity contribution is 6.99. The van der Waals surface area contributed by atoms with E-state index in [1.807, 2.05) is 0 Å². The van der Waals surface area contributed by atoms with Crippen LogP contribution in [0.1, 0.15) is 32.1 Å². The van der Waals surface area contributed by atoms with Crippen molar-refractivity contribution in [2.24, 2.45) is 0 Å². The minimum absolute atomic E-state index is 0.197. The summed E-state index contributed by atoms with van der Waals surface area (Å²) in [7, 11) is 0. The van der Waals surface area contributed by atoms with E-state index in [-0.39, 0.29) is 11.4 Å². The monoisotopic (exact) mass is 460 g/mol. The van der Waals surface area contributed by atoms with Crippen LogP contribution in [0, 0.1) is 0 Å². The minimum atomic E-state index is -4.63. The fourth-order valence-electron chi connectivity index (χ4n) is 2.41. The molecule has 0 unspecified atom stereocenters. The number of aromatic nitrogens is 2. The quantitative estimate of drug-likeness (QED) is 0.532. The van der Waals surface area contributed by atoms with Gasteiger partial charge in [-0.3, -0.25) is 9.59 Å². The van der Waals surface area contributed by atoms with Gasteiger partial charge >= 0.3 is 12.4 Å². The van der Waals surface area contributed by atoms with Crippen LogP contribution in [0.3, 0.4) is 0 Å². The molecule has 162 valence electrons. The first kappa shape index (κ1) is 22.2. The Morgan fingerprint density at radius 1 is 0.710 bits per heavy atom. The van der Waals surface area contributed by atoms with Crippen molar-refractivity contribution in [3.8, 4) is 0 Å². The smallest absolute Gasteiger partial charge is 0.321 e. The molecule has 0 spiro atoms. The number of carbonyl (C=O) groups is 2. The third-order valence-corrected chi connectivity index (χ3v) is 4.34. The molecule has 6 nitrogen and oxygen atoms in total. The zero-order valence-electron chi connectivity index (χ0n) is 15.0. The highest BCUT2D eigenvalue weighted by Crippen LogP contribution is 2.32. The van der Waals surface area contributed by atoms with Gasteiger partial charge in [0, 0.05) is 11.4 Å². The molecule has 31 heavy (non-hydrogen) atoms. The fourth-order valence-corrected chi connectivity index (χ4v) is 2.96. The second-order valence-electron chi connectivity index (χ2n) is 6.03. The molecule has 2 amide bonds. The maximum absolute atomic E-state index is 12.8. The zero-order valence-corrected chi connectivity index (χ0v) is 15.8. The Morgan fingerprint density at radius 2 is 1.10 bits per heavy atom. The van der Waals surface area contributed by atoms with Crippen molar-refractivity contribution in [3.05, 3.63) is 71.0 Å². The van der Waals surface area contributed by atoms with E-state index >= 15 is 0 Å². The Kier molecular flexibility index (Phi) is 5.97. The number of benzene rings is 2. The molecule has 0 radical (unpaired) electrons. The molecule has 3 aromatic rings. The van der Waals surface area contributed by atoms with E-state index in [2.05, 4.69) is 19.4 Å². The number of rotatable bonds is 4. The summed E-state index contributed by atoms with van der Waals surface area (Å²) >= 11 is 0.477. The lowest BCUT2D eigenvalue weighted by molar-refractivity contribution is -0.138. The molecule has 1 aromatic heterocycles. The molecule has 0 aliphatic heterocycles. The van der Waals surface area contributed by atoms with Crippen molar-refractivity contribution in [1.82, 2.24) is 8.75 Å². The molecular formula is C18H10F6N4O2S. The summed E-state index contributed by atoms with van der Waals surface area (Å²) < 4.78 is 84.1. The van der Waals surface area contributed by atoms with E-state index in [0.29, 0.717) is 23.9 Å². The van der Waals surface area contributed by atoms with Crippen molar-refractivity contribution in [2.75, 3.05) is 10.6 Å². The number of amides is 2. The van der Waals surface area contributed by atoms with Gasteiger partial charge in [0.15, 0.2) is 11.4 Å².